The van der Waals surface area contributed by atoms with Gasteiger partial charge in [-0.1, -0.05) is 0 Å². The number of nitro benzene ring substituents is 1. The van der Waals surface area contributed by atoms with Crippen LogP contribution in [0, 0.1) is 10.1 Å². The molecule has 0 amide bonds. The zero-order valence-corrected chi connectivity index (χ0v) is 9.68. The minimum atomic E-state index is -0.489. The van der Waals surface area contributed by atoms with Gasteiger partial charge in [-0.25, -0.2) is 0 Å². The number of ketones is 1. The topological polar surface area (TPSA) is 84.3 Å². The van der Waals surface area contributed by atoms with Gasteiger partial charge in [-0.3, -0.25) is 14.9 Å². The number of carbonyl (C=O) groups is 1. The van der Waals surface area contributed by atoms with Crippen molar-refractivity contribution in [2.45, 2.75) is 6.42 Å². The van der Waals surface area contributed by atoms with Crippen LogP contribution in [0.25, 0.3) is 0 Å². The summed E-state index contributed by atoms with van der Waals surface area (Å²) in [6, 6.07) is 5.57. The molecule has 0 spiro atoms. The predicted molar refractivity (Wildman–Crippen MR) is 66.1 cm³/mol. The highest BCUT2D eigenvalue weighted by Gasteiger charge is 2.10. The first-order chi connectivity index (χ1) is 8.66. The maximum Gasteiger partial charge on any atom is 0.269 e. The van der Waals surface area contributed by atoms with E-state index < -0.39 is 4.92 Å². The lowest BCUT2D eigenvalue weighted by Gasteiger charge is -2.18. The molecule has 1 aromatic rings. The van der Waals surface area contributed by atoms with Crippen molar-refractivity contribution in [3.05, 3.63) is 51.8 Å². The molecule has 0 bridgehead atoms. The van der Waals surface area contributed by atoms with Crippen LogP contribution >= 0.6 is 0 Å². The fourth-order valence-corrected chi connectivity index (χ4v) is 1.66. The van der Waals surface area contributed by atoms with Gasteiger partial charge in [-0.2, -0.15) is 0 Å². The number of carbonyl (C=O) groups excluding carboxylic acids is 1. The molecular weight excluding hydrogens is 234 g/mol. The van der Waals surface area contributed by atoms with E-state index in [1.165, 1.54) is 30.3 Å². The number of rotatable bonds is 3. The van der Waals surface area contributed by atoms with Crippen LogP contribution in [0.2, 0.25) is 0 Å². The third-order valence-corrected chi connectivity index (χ3v) is 2.62. The lowest BCUT2D eigenvalue weighted by molar-refractivity contribution is -0.384. The lowest BCUT2D eigenvalue weighted by atomic mass is 10.1. The van der Waals surface area contributed by atoms with Crippen LogP contribution in [0.4, 0.5) is 5.69 Å². The first-order valence-electron chi connectivity index (χ1n) is 5.65. The van der Waals surface area contributed by atoms with Crippen molar-refractivity contribution >= 4 is 11.5 Å². The van der Waals surface area contributed by atoms with Crippen molar-refractivity contribution in [3.8, 4) is 0 Å². The molecule has 94 valence electrons. The average Bonchev–Trinajstić information content (AvgIpc) is 2.40. The van der Waals surface area contributed by atoms with E-state index in [4.69, 9.17) is 0 Å². The smallest absolute Gasteiger partial charge is 0.269 e. The maximum absolute atomic E-state index is 11.9. The summed E-state index contributed by atoms with van der Waals surface area (Å²) in [6.07, 6.45) is 2.49. The summed E-state index contributed by atoms with van der Waals surface area (Å²) in [7, 11) is 0. The standard InChI is InChI=1S/C12H13N3O3/c16-11(8-12-13-6-1-7-14-12)9-2-4-10(5-3-9)15(17)18/h2-5,8,13-14H,1,6-7H2. The number of nitrogens with one attached hydrogen (secondary N) is 2. The molecule has 1 saturated heterocycles. The Balaban J connectivity index is 2.11. The summed E-state index contributed by atoms with van der Waals surface area (Å²) in [5.41, 5.74) is 0.412. The monoisotopic (exact) mass is 247 g/mol. The highest BCUT2D eigenvalue weighted by molar-refractivity contribution is 6.04. The molecule has 2 N–H and O–H groups in total. The van der Waals surface area contributed by atoms with Crippen molar-refractivity contribution in [1.29, 1.82) is 0 Å². The van der Waals surface area contributed by atoms with E-state index in [0.717, 1.165) is 19.5 Å². The maximum atomic E-state index is 11.9. The summed E-state index contributed by atoms with van der Waals surface area (Å²) < 4.78 is 0. The molecule has 0 unspecified atom stereocenters. The first kappa shape index (κ1) is 12.1. The Morgan fingerprint density at radius 1 is 1.22 bits per heavy atom. The summed E-state index contributed by atoms with van der Waals surface area (Å²) in [6.45, 7) is 1.68. The molecular formula is C12H13N3O3. The third-order valence-electron chi connectivity index (χ3n) is 2.62. The normalized spacial score (nSPS) is 14.3. The van der Waals surface area contributed by atoms with Crippen LogP contribution in [-0.4, -0.2) is 23.8 Å². The molecule has 0 radical (unpaired) electrons. The van der Waals surface area contributed by atoms with Crippen molar-refractivity contribution in [2.75, 3.05) is 13.1 Å². The van der Waals surface area contributed by atoms with Crippen LogP contribution in [0.15, 0.2) is 36.2 Å². The quantitative estimate of drug-likeness (QED) is 0.363. The van der Waals surface area contributed by atoms with E-state index in [1.807, 2.05) is 0 Å². The number of hydrogen-bond acceptors (Lipinski definition) is 5. The number of nitrogens with zero attached hydrogens (tertiary/aromatic N) is 1. The Bertz CT molecular complexity index is 486. The SMILES string of the molecule is O=C(C=C1NCCCN1)c1ccc([N+](=O)[O-])cc1. The van der Waals surface area contributed by atoms with Gasteiger partial charge in [0.05, 0.1) is 4.92 Å². The van der Waals surface area contributed by atoms with Crippen LogP contribution in [0.1, 0.15) is 16.8 Å². The second-order valence-corrected chi connectivity index (χ2v) is 3.93. The largest absolute Gasteiger partial charge is 0.372 e. The van der Waals surface area contributed by atoms with E-state index >= 15 is 0 Å². The van der Waals surface area contributed by atoms with Crippen molar-refractivity contribution in [2.24, 2.45) is 0 Å². The molecule has 18 heavy (non-hydrogen) atoms. The molecule has 0 saturated carbocycles. The van der Waals surface area contributed by atoms with Gasteiger partial charge < -0.3 is 10.6 Å². The Morgan fingerprint density at radius 2 is 1.83 bits per heavy atom. The lowest BCUT2D eigenvalue weighted by Crippen LogP contribution is -2.35. The Morgan fingerprint density at radius 3 is 2.39 bits per heavy atom. The molecule has 2 rings (SSSR count). The van der Waals surface area contributed by atoms with Gasteiger partial charge in [-0.05, 0) is 18.6 Å². The van der Waals surface area contributed by atoms with E-state index in [2.05, 4.69) is 10.6 Å². The molecule has 1 aliphatic rings. The minimum Gasteiger partial charge on any atom is -0.372 e. The summed E-state index contributed by atoms with van der Waals surface area (Å²) >= 11 is 0. The molecule has 1 heterocycles. The number of allylic oxidation sites excluding steroid dienone is 1. The second-order valence-electron chi connectivity index (χ2n) is 3.93. The molecule has 0 aliphatic carbocycles. The highest BCUT2D eigenvalue weighted by atomic mass is 16.6. The Kier molecular flexibility index (Phi) is 3.57. The third kappa shape index (κ3) is 2.85. The zero-order valence-electron chi connectivity index (χ0n) is 9.68. The molecule has 1 aromatic carbocycles. The van der Waals surface area contributed by atoms with E-state index in [9.17, 15) is 14.9 Å². The Hall–Kier alpha value is -2.37. The molecule has 1 fully saturated rings. The van der Waals surface area contributed by atoms with Gasteiger partial charge in [0.25, 0.3) is 5.69 Å². The summed E-state index contributed by atoms with van der Waals surface area (Å²) in [5, 5.41) is 16.6. The van der Waals surface area contributed by atoms with Gasteiger partial charge in [0.15, 0.2) is 5.78 Å². The molecule has 1 aliphatic heterocycles. The number of nitro groups is 1. The fourth-order valence-electron chi connectivity index (χ4n) is 1.66. The zero-order chi connectivity index (χ0) is 13.0. The second kappa shape index (κ2) is 5.31. The van der Waals surface area contributed by atoms with Gasteiger partial charge in [0, 0.05) is 36.9 Å². The van der Waals surface area contributed by atoms with E-state index in [0.29, 0.717) is 11.4 Å². The van der Waals surface area contributed by atoms with E-state index in [1.54, 1.807) is 0 Å². The van der Waals surface area contributed by atoms with Crippen LogP contribution in [0.3, 0.4) is 0 Å². The van der Waals surface area contributed by atoms with Crippen molar-refractivity contribution < 1.29 is 9.72 Å². The van der Waals surface area contributed by atoms with Crippen LogP contribution in [-0.2, 0) is 0 Å². The van der Waals surface area contributed by atoms with E-state index in [-0.39, 0.29) is 11.5 Å². The van der Waals surface area contributed by atoms with Gasteiger partial charge in [0.1, 0.15) is 5.82 Å². The summed E-state index contributed by atoms with van der Waals surface area (Å²) in [4.78, 5) is 21.9. The molecule has 0 aromatic heterocycles. The fraction of sp³-hybridized carbons (Fsp3) is 0.250. The van der Waals surface area contributed by atoms with Crippen molar-refractivity contribution in [3.63, 3.8) is 0 Å². The average molecular weight is 247 g/mol. The van der Waals surface area contributed by atoms with Gasteiger partial charge in [0.2, 0.25) is 0 Å². The number of hydrogen-bond donors (Lipinski definition) is 2. The molecule has 6 heteroatoms. The van der Waals surface area contributed by atoms with Gasteiger partial charge in [-0.15, -0.1) is 0 Å². The predicted octanol–water partition coefficient (Wildman–Crippen LogP) is 1.20. The number of non-ortho nitro benzene ring substituents is 1. The van der Waals surface area contributed by atoms with Crippen molar-refractivity contribution in [1.82, 2.24) is 10.6 Å². The first-order valence-corrected chi connectivity index (χ1v) is 5.65. The molecule has 0 atom stereocenters. The Labute approximate surface area is 104 Å². The molecule has 6 nitrogen and oxygen atoms in total. The number of benzene rings is 1. The summed E-state index contributed by atoms with van der Waals surface area (Å²) in [5.74, 6) is 0.520. The van der Waals surface area contributed by atoms with Crippen LogP contribution in [0.5, 0.6) is 0 Å². The van der Waals surface area contributed by atoms with Crippen LogP contribution < -0.4 is 10.6 Å². The minimum absolute atomic E-state index is 0.0203. The van der Waals surface area contributed by atoms with Gasteiger partial charge >= 0.3 is 0 Å². The highest BCUT2D eigenvalue weighted by Crippen LogP contribution is 2.12.